The molecule has 4 nitrogen and oxygen atoms in total. The molecule has 0 aliphatic carbocycles. The van der Waals surface area contributed by atoms with E-state index in [0.717, 1.165) is 22.6 Å². The second-order valence-electron chi connectivity index (χ2n) is 6.83. The van der Waals surface area contributed by atoms with Gasteiger partial charge in [-0.05, 0) is 43.2 Å². The summed E-state index contributed by atoms with van der Waals surface area (Å²) in [5.41, 5.74) is 4.13. The van der Waals surface area contributed by atoms with Crippen LogP contribution in [0.15, 0.2) is 78.9 Å². The molecule has 1 amide bonds. The number of aryl methyl sites for hydroxylation is 1. The van der Waals surface area contributed by atoms with Crippen LogP contribution in [0.4, 0.5) is 5.69 Å². The molecule has 0 fully saturated rings. The van der Waals surface area contributed by atoms with E-state index in [-0.39, 0.29) is 18.6 Å². The lowest BCUT2D eigenvalue weighted by Crippen LogP contribution is -2.22. The predicted molar refractivity (Wildman–Crippen MR) is 113 cm³/mol. The van der Waals surface area contributed by atoms with E-state index in [9.17, 15) is 4.79 Å². The zero-order valence-electron chi connectivity index (χ0n) is 16.3. The van der Waals surface area contributed by atoms with Crippen LogP contribution in [0, 0.1) is 6.92 Å². The van der Waals surface area contributed by atoms with Crippen LogP contribution in [0.3, 0.4) is 0 Å². The van der Waals surface area contributed by atoms with Gasteiger partial charge in [0.15, 0.2) is 6.61 Å². The van der Waals surface area contributed by atoms with Crippen molar-refractivity contribution in [2.24, 2.45) is 0 Å². The number of rotatable bonds is 8. The molecule has 2 N–H and O–H groups in total. The average molecular weight is 374 g/mol. The number of carbonyl (C=O) groups is 1. The van der Waals surface area contributed by atoms with Crippen molar-refractivity contribution in [1.29, 1.82) is 0 Å². The van der Waals surface area contributed by atoms with Crippen LogP contribution in [0.1, 0.15) is 29.7 Å². The van der Waals surface area contributed by atoms with E-state index in [2.05, 4.69) is 29.7 Å². The molecule has 0 spiro atoms. The van der Waals surface area contributed by atoms with Crippen LogP contribution in [-0.4, -0.2) is 12.5 Å². The maximum atomic E-state index is 12.2. The molecule has 3 aromatic rings. The Hall–Kier alpha value is -3.11. The fraction of sp³-hybridized carbons (Fsp3) is 0.208. The molecule has 4 heteroatoms. The lowest BCUT2D eigenvalue weighted by Gasteiger charge is -2.16. The number of hydrogen-bond acceptors (Lipinski definition) is 3. The summed E-state index contributed by atoms with van der Waals surface area (Å²) in [5.74, 6) is 0.542. The Balaban J connectivity index is 1.55. The average Bonchev–Trinajstić information content (AvgIpc) is 2.71. The van der Waals surface area contributed by atoms with E-state index in [1.807, 2.05) is 73.7 Å². The summed E-state index contributed by atoms with van der Waals surface area (Å²) in [4.78, 5) is 12.2. The van der Waals surface area contributed by atoms with Crippen molar-refractivity contribution in [3.05, 3.63) is 95.6 Å². The lowest BCUT2D eigenvalue weighted by atomic mass is 10.1. The normalized spacial score (nSPS) is 11.6. The fourth-order valence-corrected chi connectivity index (χ4v) is 2.98. The molecule has 1 atom stereocenters. The van der Waals surface area contributed by atoms with Gasteiger partial charge in [-0.15, -0.1) is 0 Å². The number of para-hydroxylation sites is 1. The first-order valence-electron chi connectivity index (χ1n) is 9.47. The summed E-state index contributed by atoms with van der Waals surface area (Å²) in [6.07, 6.45) is 0. The second-order valence-corrected chi connectivity index (χ2v) is 6.83. The highest BCUT2D eigenvalue weighted by atomic mass is 16.5. The van der Waals surface area contributed by atoms with E-state index < -0.39 is 0 Å². The Bertz CT molecular complexity index is 909. The van der Waals surface area contributed by atoms with E-state index in [1.165, 1.54) is 5.56 Å². The van der Waals surface area contributed by atoms with Gasteiger partial charge in [-0.1, -0.05) is 60.7 Å². The van der Waals surface area contributed by atoms with Gasteiger partial charge in [-0.2, -0.15) is 0 Å². The van der Waals surface area contributed by atoms with Gasteiger partial charge in [-0.3, -0.25) is 4.79 Å². The second kappa shape index (κ2) is 9.72. The van der Waals surface area contributed by atoms with Crippen LogP contribution in [0.5, 0.6) is 5.75 Å². The first kappa shape index (κ1) is 19.6. The topological polar surface area (TPSA) is 50.4 Å². The molecular formula is C24H26N2O2. The molecule has 3 rings (SSSR count). The summed E-state index contributed by atoms with van der Waals surface area (Å²) in [7, 11) is 0. The van der Waals surface area contributed by atoms with E-state index in [1.54, 1.807) is 0 Å². The van der Waals surface area contributed by atoms with Crippen molar-refractivity contribution < 1.29 is 9.53 Å². The van der Waals surface area contributed by atoms with E-state index in [4.69, 9.17) is 4.74 Å². The molecule has 0 aromatic heterocycles. The summed E-state index contributed by atoms with van der Waals surface area (Å²) in [6, 6.07) is 26.0. The van der Waals surface area contributed by atoms with Crippen LogP contribution in [0.2, 0.25) is 0 Å². The monoisotopic (exact) mass is 374 g/mol. The van der Waals surface area contributed by atoms with E-state index in [0.29, 0.717) is 6.54 Å². The molecule has 28 heavy (non-hydrogen) atoms. The van der Waals surface area contributed by atoms with Gasteiger partial charge in [0.25, 0.3) is 5.91 Å². The van der Waals surface area contributed by atoms with Crippen molar-refractivity contribution in [1.82, 2.24) is 5.32 Å². The Kier molecular flexibility index (Phi) is 6.82. The van der Waals surface area contributed by atoms with Gasteiger partial charge in [0.2, 0.25) is 0 Å². The van der Waals surface area contributed by atoms with Gasteiger partial charge >= 0.3 is 0 Å². The van der Waals surface area contributed by atoms with Gasteiger partial charge < -0.3 is 15.4 Å². The fourth-order valence-electron chi connectivity index (χ4n) is 2.98. The standard InChI is InChI=1S/C24H26N2O2/c1-18-9-8-13-22(15-18)26-24(27)17-28-23-14-7-6-12-21(23)16-25-19(2)20-10-4-3-5-11-20/h3-15,19,25H,16-17H2,1-2H3,(H,26,27)/t19-/m0/s1. The van der Waals surface area contributed by atoms with Crippen molar-refractivity contribution in [2.45, 2.75) is 26.4 Å². The third-order valence-electron chi connectivity index (χ3n) is 4.53. The highest BCUT2D eigenvalue weighted by Gasteiger charge is 2.09. The molecule has 0 radical (unpaired) electrons. The van der Waals surface area contributed by atoms with Crippen LogP contribution >= 0.6 is 0 Å². The molecule has 0 aliphatic heterocycles. The SMILES string of the molecule is Cc1cccc(NC(=O)COc2ccccc2CN[C@@H](C)c2ccccc2)c1. The van der Waals surface area contributed by atoms with Crippen LogP contribution in [0.25, 0.3) is 0 Å². The minimum Gasteiger partial charge on any atom is -0.483 e. The number of hydrogen-bond donors (Lipinski definition) is 2. The van der Waals surface area contributed by atoms with Crippen molar-refractivity contribution in [2.75, 3.05) is 11.9 Å². The molecular weight excluding hydrogens is 348 g/mol. The molecule has 3 aromatic carbocycles. The number of amides is 1. The molecule has 144 valence electrons. The van der Waals surface area contributed by atoms with Crippen molar-refractivity contribution in [3.63, 3.8) is 0 Å². The molecule has 0 saturated carbocycles. The Morgan fingerprint density at radius 1 is 0.964 bits per heavy atom. The number of ether oxygens (including phenoxy) is 1. The molecule has 0 aliphatic rings. The zero-order chi connectivity index (χ0) is 19.8. The largest absolute Gasteiger partial charge is 0.483 e. The minimum atomic E-state index is -0.175. The highest BCUT2D eigenvalue weighted by molar-refractivity contribution is 5.91. The quantitative estimate of drug-likeness (QED) is 0.592. The molecule has 0 bridgehead atoms. The van der Waals surface area contributed by atoms with E-state index >= 15 is 0 Å². The van der Waals surface area contributed by atoms with Gasteiger partial charge in [-0.25, -0.2) is 0 Å². The predicted octanol–water partition coefficient (Wildman–Crippen LogP) is 4.86. The van der Waals surface area contributed by atoms with Crippen LogP contribution < -0.4 is 15.4 Å². The maximum absolute atomic E-state index is 12.2. The third-order valence-corrected chi connectivity index (χ3v) is 4.53. The minimum absolute atomic E-state index is 0.0286. The highest BCUT2D eigenvalue weighted by Crippen LogP contribution is 2.20. The maximum Gasteiger partial charge on any atom is 0.262 e. The summed E-state index contributed by atoms with van der Waals surface area (Å²) in [6.45, 7) is 4.75. The first-order valence-corrected chi connectivity index (χ1v) is 9.47. The van der Waals surface area contributed by atoms with Crippen LogP contribution in [-0.2, 0) is 11.3 Å². The van der Waals surface area contributed by atoms with Gasteiger partial charge in [0.05, 0.1) is 0 Å². The smallest absolute Gasteiger partial charge is 0.262 e. The number of anilines is 1. The number of nitrogens with one attached hydrogen (secondary N) is 2. The summed E-state index contributed by atoms with van der Waals surface area (Å²) >= 11 is 0. The Labute approximate surface area is 166 Å². The summed E-state index contributed by atoms with van der Waals surface area (Å²) < 4.78 is 5.79. The van der Waals surface area contributed by atoms with Gasteiger partial charge in [0, 0.05) is 23.8 Å². The van der Waals surface area contributed by atoms with Crippen molar-refractivity contribution in [3.8, 4) is 5.75 Å². The van der Waals surface area contributed by atoms with Gasteiger partial charge in [0.1, 0.15) is 5.75 Å². The molecule has 0 unspecified atom stereocenters. The molecule has 0 heterocycles. The molecule has 0 saturated heterocycles. The van der Waals surface area contributed by atoms with Crippen molar-refractivity contribution >= 4 is 11.6 Å². The number of benzene rings is 3. The number of carbonyl (C=O) groups excluding carboxylic acids is 1. The third kappa shape index (κ3) is 5.69. The Morgan fingerprint density at radius 2 is 1.71 bits per heavy atom. The summed E-state index contributed by atoms with van der Waals surface area (Å²) in [5, 5.41) is 6.37. The Morgan fingerprint density at radius 3 is 2.50 bits per heavy atom. The zero-order valence-corrected chi connectivity index (χ0v) is 16.3. The first-order chi connectivity index (χ1) is 13.6. The lowest BCUT2D eigenvalue weighted by molar-refractivity contribution is -0.118.